The van der Waals surface area contributed by atoms with Crippen molar-refractivity contribution in [3.8, 4) is 0 Å². The van der Waals surface area contributed by atoms with Gasteiger partial charge in [-0.2, -0.15) is 0 Å². The van der Waals surface area contributed by atoms with Gasteiger partial charge in [-0.25, -0.2) is 4.79 Å². The highest BCUT2D eigenvalue weighted by atomic mass is 16.6. The molecular formula is C12H21NO4. The van der Waals surface area contributed by atoms with E-state index in [4.69, 9.17) is 4.74 Å². The molecule has 0 saturated carbocycles. The van der Waals surface area contributed by atoms with Crippen LogP contribution in [0.1, 0.15) is 40.0 Å². The molecule has 2 bridgehead atoms. The summed E-state index contributed by atoms with van der Waals surface area (Å²) in [7, 11) is 0. The van der Waals surface area contributed by atoms with Gasteiger partial charge < -0.3 is 14.9 Å². The SMILES string of the molecule is CC(C)(C)OC(=O)N1[C@@H]2CC[C@@]1(CO)[C@@H](O)C2. The third-order valence-corrected chi connectivity index (χ3v) is 3.74. The molecule has 2 aliphatic rings. The molecule has 5 nitrogen and oxygen atoms in total. The van der Waals surface area contributed by atoms with Gasteiger partial charge in [0.1, 0.15) is 5.60 Å². The summed E-state index contributed by atoms with van der Waals surface area (Å²) in [6, 6.07) is 0.00648. The Bertz CT molecular complexity index is 325. The molecule has 1 amide bonds. The molecule has 98 valence electrons. The molecule has 0 aromatic carbocycles. The van der Waals surface area contributed by atoms with Crippen LogP contribution in [0.25, 0.3) is 0 Å². The molecule has 0 spiro atoms. The molecule has 2 fully saturated rings. The van der Waals surface area contributed by atoms with E-state index in [9.17, 15) is 15.0 Å². The lowest BCUT2D eigenvalue weighted by Crippen LogP contribution is -2.54. The maximum Gasteiger partial charge on any atom is 0.411 e. The first-order chi connectivity index (χ1) is 7.80. The summed E-state index contributed by atoms with van der Waals surface area (Å²) in [5, 5.41) is 19.5. The van der Waals surface area contributed by atoms with E-state index in [1.54, 1.807) is 4.90 Å². The van der Waals surface area contributed by atoms with Crippen LogP contribution in [0.15, 0.2) is 0 Å². The predicted octanol–water partition coefficient (Wildman–Crippen LogP) is 0.882. The second kappa shape index (κ2) is 3.85. The average Bonchev–Trinajstić information content (AvgIpc) is 2.67. The topological polar surface area (TPSA) is 70.0 Å². The maximum atomic E-state index is 12.1. The fourth-order valence-electron chi connectivity index (χ4n) is 2.96. The summed E-state index contributed by atoms with van der Waals surface area (Å²) < 4.78 is 5.34. The summed E-state index contributed by atoms with van der Waals surface area (Å²) in [6.07, 6.45) is 0.954. The van der Waals surface area contributed by atoms with Gasteiger partial charge in [-0.1, -0.05) is 0 Å². The van der Waals surface area contributed by atoms with E-state index >= 15 is 0 Å². The molecule has 2 N–H and O–H groups in total. The molecule has 2 heterocycles. The number of hydrogen-bond acceptors (Lipinski definition) is 4. The highest BCUT2D eigenvalue weighted by molar-refractivity contribution is 5.71. The molecule has 17 heavy (non-hydrogen) atoms. The highest BCUT2D eigenvalue weighted by Crippen LogP contribution is 2.46. The Kier molecular flexibility index (Phi) is 2.86. The van der Waals surface area contributed by atoms with Crippen molar-refractivity contribution in [2.24, 2.45) is 0 Å². The molecule has 0 unspecified atom stereocenters. The number of nitrogens with zero attached hydrogens (tertiary/aromatic N) is 1. The quantitative estimate of drug-likeness (QED) is 0.717. The van der Waals surface area contributed by atoms with Crippen LogP contribution in [0, 0.1) is 0 Å². The molecule has 2 saturated heterocycles. The first kappa shape index (κ1) is 12.6. The number of carbonyl (C=O) groups excluding carboxylic acids is 1. The molecule has 5 heteroatoms. The zero-order chi connectivity index (χ0) is 12.8. The van der Waals surface area contributed by atoms with E-state index in [1.165, 1.54) is 0 Å². The summed E-state index contributed by atoms with van der Waals surface area (Å²) >= 11 is 0. The Balaban J connectivity index is 2.19. The summed E-state index contributed by atoms with van der Waals surface area (Å²) in [5.74, 6) is 0. The number of rotatable bonds is 1. The van der Waals surface area contributed by atoms with Crippen LogP contribution in [0.4, 0.5) is 4.79 Å². The number of aliphatic hydroxyl groups is 2. The van der Waals surface area contributed by atoms with Crippen molar-refractivity contribution in [3.63, 3.8) is 0 Å². The highest BCUT2D eigenvalue weighted by Gasteiger charge is 2.60. The van der Waals surface area contributed by atoms with Crippen molar-refractivity contribution in [1.82, 2.24) is 4.90 Å². The van der Waals surface area contributed by atoms with Gasteiger partial charge >= 0.3 is 6.09 Å². The van der Waals surface area contributed by atoms with Crippen molar-refractivity contribution in [2.45, 2.75) is 63.3 Å². The maximum absolute atomic E-state index is 12.1. The normalized spacial score (nSPS) is 36.4. The molecule has 0 aromatic rings. The molecule has 2 aliphatic heterocycles. The van der Waals surface area contributed by atoms with E-state index in [-0.39, 0.29) is 12.6 Å². The Morgan fingerprint density at radius 3 is 2.65 bits per heavy atom. The standard InChI is InChI=1S/C12H21NO4/c1-11(2,3)17-10(16)13-8-4-5-12(13,7-14)9(15)6-8/h8-9,14-15H,4-7H2,1-3H3/t8-,9+,12-/m1/s1. The number of carbonyl (C=O) groups is 1. The molecule has 0 aliphatic carbocycles. The average molecular weight is 243 g/mol. The van der Waals surface area contributed by atoms with Crippen LogP contribution in [0.3, 0.4) is 0 Å². The van der Waals surface area contributed by atoms with E-state index in [2.05, 4.69) is 0 Å². The second-order valence-corrected chi connectivity index (χ2v) is 6.06. The number of aliphatic hydroxyl groups excluding tert-OH is 2. The number of amides is 1. The van der Waals surface area contributed by atoms with E-state index in [0.29, 0.717) is 12.8 Å². The van der Waals surface area contributed by atoms with Gasteiger partial charge in [0, 0.05) is 6.04 Å². The van der Waals surface area contributed by atoms with Crippen LogP contribution in [-0.4, -0.2) is 51.1 Å². The molecule has 2 rings (SSSR count). The van der Waals surface area contributed by atoms with Crippen LogP contribution in [0.5, 0.6) is 0 Å². The Morgan fingerprint density at radius 1 is 1.53 bits per heavy atom. The number of fused-ring (bicyclic) bond motifs is 2. The van der Waals surface area contributed by atoms with Crippen molar-refractivity contribution < 1.29 is 19.7 Å². The van der Waals surface area contributed by atoms with Gasteiger partial charge in [0.25, 0.3) is 0 Å². The minimum atomic E-state index is -0.812. The number of hydrogen-bond donors (Lipinski definition) is 2. The Hall–Kier alpha value is -0.810. The third kappa shape index (κ3) is 1.91. The fourth-order valence-corrected chi connectivity index (χ4v) is 2.96. The minimum absolute atomic E-state index is 0.00648. The minimum Gasteiger partial charge on any atom is -0.444 e. The number of ether oxygens (including phenoxy) is 1. The lowest BCUT2D eigenvalue weighted by atomic mass is 9.86. The van der Waals surface area contributed by atoms with Gasteiger partial charge in [-0.3, -0.25) is 4.90 Å². The summed E-state index contributed by atoms with van der Waals surface area (Å²) in [4.78, 5) is 13.7. The smallest absolute Gasteiger partial charge is 0.411 e. The lowest BCUT2D eigenvalue weighted by Gasteiger charge is -2.36. The first-order valence-corrected chi connectivity index (χ1v) is 6.11. The largest absolute Gasteiger partial charge is 0.444 e. The Morgan fingerprint density at radius 2 is 2.18 bits per heavy atom. The zero-order valence-electron chi connectivity index (χ0n) is 10.6. The molecular weight excluding hydrogens is 222 g/mol. The van der Waals surface area contributed by atoms with Gasteiger partial charge in [-0.15, -0.1) is 0 Å². The van der Waals surface area contributed by atoms with Crippen LogP contribution in [0.2, 0.25) is 0 Å². The van der Waals surface area contributed by atoms with Crippen LogP contribution < -0.4 is 0 Å². The predicted molar refractivity (Wildman–Crippen MR) is 61.5 cm³/mol. The van der Waals surface area contributed by atoms with Crippen LogP contribution in [-0.2, 0) is 4.74 Å². The van der Waals surface area contributed by atoms with E-state index in [0.717, 1.165) is 6.42 Å². The first-order valence-electron chi connectivity index (χ1n) is 6.11. The van der Waals surface area contributed by atoms with E-state index in [1.807, 2.05) is 20.8 Å². The lowest BCUT2D eigenvalue weighted by molar-refractivity contribution is -0.0284. The van der Waals surface area contributed by atoms with Crippen molar-refractivity contribution in [1.29, 1.82) is 0 Å². The second-order valence-electron chi connectivity index (χ2n) is 6.06. The zero-order valence-corrected chi connectivity index (χ0v) is 10.6. The van der Waals surface area contributed by atoms with E-state index < -0.39 is 23.3 Å². The van der Waals surface area contributed by atoms with Crippen molar-refractivity contribution >= 4 is 6.09 Å². The van der Waals surface area contributed by atoms with Gasteiger partial charge in [0.2, 0.25) is 0 Å². The van der Waals surface area contributed by atoms with Crippen LogP contribution >= 0.6 is 0 Å². The third-order valence-electron chi connectivity index (χ3n) is 3.74. The van der Waals surface area contributed by atoms with Gasteiger partial charge in [-0.05, 0) is 40.0 Å². The molecule has 0 aromatic heterocycles. The Labute approximate surface area is 101 Å². The van der Waals surface area contributed by atoms with Crippen molar-refractivity contribution in [3.05, 3.63) is 0 Å². The van der Waals surface area contributed by atoms with Gasteiger partial charge in [0.15, 0.2) is 0 Å². The van der Waals surface area contributed by atoms with Crippen molar-refractivity contribution in [2.75, 3.05) is 6.61 Å². The van der Waals surface area contributed by atoms with Gasteiger partial charge in [0.05, 0.1) is 18.2 Å². The monoisotopic (exact) mass is 243 g/mol. The summed E-state index contributed by atoms with van der Waals surface area (Å²) in [6.45, 7) is 5.23. The summed E-state index contributed by atoms with van der Waals surface area (Å²) in [5.41, 5.74) is -1.37. The molecule has 3 atom stereocenters. The fraction of sp³-hybridized carbons (Fsp3) is 0.917. The molecule has 0 radical (unpaired) electrons.